The number of ether oxygens (including phenoxy) is 1. The fourth-order valence-electron chi connectivity index (χ4n) is 2.36. The Morgan fingerprint density at radius 1 is 1.53 bits per heavy atom. The highest BCUT2D eigenvalue weighted by Gasteiger charge is 2.15. The second-order valence-electron chi connectivity index (χ2n) is 4.64. The van der Waals surface area contributed by atoms with Gasteiger partial charge in [-0.2, -0.15) is 0 Å². The van der Waals surface area contributed by atoms with E-state index in [0.29, 0.717) is 6.04 Å². The van der Waals surface area contributed by atoms with Crippen molar-refractivity contribution in [3.05, 3.63) is 29.3 Å². The van der Waals surface area contributed by atoms with Crippen LogP contribution in [-0.2, 0) is 6.42 Å². The van der Waals surface area contributed by atoms with E-state index in [0.717, 1.165) is 43.2 Å². The van der Waals surface area contributed by atoms with Crippen molar-refractivity contribution in [1.82, 2.24) is 5.32 Å². The zero-order valence-electron chi connectivity index (χ0n) is 11.4. The minimum absolute atomic E-state index is 0.428. The maximum Gasteiger partial charge on any atom is 0.122 e. The lowest BCUT2D eigenvalue weighted by atomic mass is 10.0. The van der Waals surface area contributed by atoms with Gasteiger partial charge in [0.2, 0.25) is 0 Å². The molecule has 0 aliphatic carbocycles. The number of hydrogen-bond acceptors (Lipinski definition) is 3. The Morgan fingerprint density at radius 3 is 3.21 bits per heavy atom. The van der Waals surface area contributed by atoms with Gasteiger partial charge in [-0.15, -0.1) is 18.2 Å². The Balaban J connectivity index is 1.88. The molecule has 0 saturated heterocycles. The summed E-state index contributed by atoms with van der Waals surface area (Å²) in [6.07, 6.45) is 7.37. The first-order valence-electron chi connectivity index (χ1n) is 6.85. The summed E-state index contributed by atoms with van der Waals surface area (Å²) in [7, 11) is 0. The van der Waals surface area contributed by atoms with Gasteiger partial charge in [-0.05, 0) is 23.6 Å². The summed E-state index contributed by atoms with van der Waals surface area (Å²) in [5.74, 6) is 5.57. The lowest BCUT2D eigenvalue weighted by Crippen LogP contribution is -2.23. The second kappa shape index (κ2) is 7.47. The third kappa shape index (κ3) is 3.92. The SMILES string of the molecule is C#CCSCCNC(CC)c1ccc2c(c1)CCO2. The number of terminal acetylenes is 1. The molecule has 1 aromatic carbocycles. The van der Waals surface area contributed by atoms with Crippen molar-refractivity contribution < 1.29 is 4.74 Å². The maximum atomic E-state index is 5.55. The minimum atomic E-state index is 0.428. The van der Waals surface area contributed by atoms with E-state index in [1.807, 2.05) is 0 Å². The maximum absolute atomic E-state index is 5.55. The van der Waals surface area contributed by atoms with E-state index in [2.05, 4.69) is 36.4 Å². The summed E-state index contributed by atoms with van der Waals surface area (Å²) in [6, 6.07) is 7.00. The first-order valence-corrected chi connectivity index (χ1v) is 8.00. The van der Waals surface area contributed by atoms with Gasteiger partial charge in [0.1, 0.15) is 5.75 Å². The molecule has 0 saturated carbocycles. The molecular weight excluding hydrogens is 254 g/mol. The lowest BCUT2D eigenvalue weighted by Gasteiger charge is -2.18. The van der Waals surface area contributed by atoms with Crippen molar-refractivity contribution >= 4 is 11.8 Å². The van der Waals surface area contributed by atoms with Gasteiger partial charge in [0.15, 0.2) is 0 Å². The monoisotopic (exact) mass is 275 g/mol. The van der Waals surface area contributed by atoms with E-state index < -0.39 is 0 Å². The lowest BCUT2D eigenvalue weighted by molar-refractivity contribution is 0.356. The van der Waals surface area contributed by atoms with Gasteiger partial charge in [0, 0.05) is 24.8 Å². The van der Waals surface area contributed by atoms with E-state index in [9.17, 15) is 0 Å². The molecular formula is C16H21NOS. The predicted octanol–water partition coefficient (Wildman–Crippen LogP) is 3.03. The van der Waals surface area contributed by atoms with Gasteiger partial charge in [0.05, 0.1) is 12.4 Å². The topological polar surface area (TPSA) is 21.3 Å². The molecule has 0 amide bonds. The minimum Gasteiger partial charge on any atom is -0.493 e. The van der Waals surface area contributed by atoms with Crippen LogP contribution in [0.15, 0.2) is 18.2 Å². The Kier molecular flexibility index (Phi) is 5.62. The molecule has 2 rings (SSSR count). The van der Waals surface area contributed by atoms with Gasteiger partial charge < -0.3 is 10.1 Å². The van der Waals surface area contributed by atoms with Crippen LogP contribution in [0.2, 0.25) is 0 Å². The van der Waals surface area contributed by atoms with Crippen LogP contribution in [0.5, 0.6) is 5.75 Å². The largest absolute Gasteiger partial charge is 0.493 e. The molecule has 102 valence electrons. The normalized spacial score (nSPS) is 14.5. The number of benzene rings is 1. The Morgan fingerprint density at radius 2 is 2.42 bits per heavy atom. The fourth-order valence-corrected chi connectivity index (χ4v) is 2.88. The highest BCUT2D eigenvalue weighted by molar-refractivity contribution is 7.99. The van der Waals surface area contributed by atoms with Crippen LogP contribution in [0, 0.1) is 12.3 Å². The summed E-state index contributed by atoms with van der Waals surface area (Å²) < 4.78 is 5.55. The molecule has 1 heterocycles. The number of rotatable bonds is 7. The van der Waals surface area contributed by atoms with Crippen molar-refractivity contribution in [3.63, 3.8) is 0 Å². The number of fused-ring (bicyclic) bond motifs is 1. The highest BCUT2D eigenvalue weighted by Crippen LogP contribution is 2.29. The van der Waals surface area contributed by atoms with Crippen molar-refractivity contribution in [3.8, 4) is 18.1 Å². The molecule has 1 aliphatic heterocycles. The summed E-state index contributed by atoms with van der Waals surface area (Å²) in [6.45, 7) is 4.04. The smallest absolute Gasteiger partial charge is 0.122 e. The Labute approximate surface area is 120 Å². The quantitative estimate of drug-likeness (QED) is 0.610. The van der Waals surface area contributed by atoms with Gasteiger partial charge in [-0.25, -0.2) is 0 Å². The van der Waals surface area contributed by atoms with E-state index in [1.165, 1.54) is 11.1 Å². The highest BCUT2D eigenvalue weighted by atomic mass is 32.2. The fraction of sp³-hybridized carbons (Fsp3) is 0.500. The zero-order chi connectivity index (χ0) is 13.5. The first-order chi connectivity index (χ1) is 9.35. The number of thioether (sulfide) groups is 1. The molecule has 0 radical (unpaired) electrons. The van der Waals surface area contributed by atoms with Gasteiger partial charge in [-0.3, -0.25) is 0 Å². The number of nitrogens with one attached hydrogen (secondary N) is 1. The van der Waals surface area contributed by atoms with E-state index in [4.69, 9.17) is 11.2 Å². The standard InChI is InChI=1S/C16H21NOS/c1-3-10-19-11-8-17-15(4-2)13-5-6-16-14(12-13)7-9-18-16/h1,5-6,12,15,17H,4,7-11H2,2H3. The second-order valence-corrected chi connectivity index (χ2v) is 5.74. The van der Waals surface area contributed by atoms with Gasteiger partial charge >= 0.3 is 0 Å². The van der Waals surface area contributed by atoms with E-state index >= 15 is 0 Å². The molecule has 0 spiro atoms. The summed E-state index contributed by atoms with van der Waals surface area (Å²) in [5.41, 5.74) is 2.72. The third-order valence-electron chi connectivity index (χ3n) is 3.35. The molecule has 1 aliphatic rings. The molecule has 19 heavy (non-hydrogen) atoms. The molecule has 3 heteroatoms. The molecule has 0 fully saturated rings. The average molecular weight is 275 g/mol. The van der Waals surface area contributed by atoms with Gasteiger partial charge in [-0.1, -0.05) is 25.0 Å². The molecule has 0 bridgehead atoms. The predicted molar refractivity (Wildman–Crippen MR) is 82.8 cm³/mol. The van der Waals surface area contributed by atoms with Crippen LogP contribution >= 0.6 is 11.8 Å². The van der Waals surface area contributed by atoms with Crippen LogP contribution in [0.25, 0.3) is 0 Å². The number of hydrogen-bond donors (Lipinski definition) is 1. The average Bonchev–Trinajstić information content (AvgIpc) is 2.90. The Hall–Kier alpha value is -1.11. The van der Waals surface area contributed by atoms with E-state index in [-0.39, 0.29) is 0 Å². The van der Waals surface area contributed by atoms with Crippen LogP contribution in [0.3, 0.4) is 0 Å². The molecule has 2 nitrogen and oxygen atoms in total. The van der Waals surface area contributed by atoms with Crippen molar-refractivity contribution in [2.75, 3.05) is 24.7 Å². The molecule has 1 atom stereocenters. The summed E-state index contributed by atoms with van der Waals surface area (Å²) in [4.78, 5) is 0. The van der Waals surface area contributed by atoms with Crippen LogP contribution in [-0.4, -0.2) is 24.7 Å². The van der Waals surface area contributed by atoms with Crippen molar-refractivity contribution in [2.24, 2.45) is 0 Å². The zero-order valence-corrected chi connectivity index (χ0v) is 12.3. The van der Waals surface area contributed by atoms with E-state index in [1.54, 1.807) is 11.8 Å². The summed E-state index contributed by atoms with van der Waals surface area (Å²) >= 11 is 1.80. The summed E-state index contributed by atoms with van der Waals surface area (Å²) in [5, 5.41) is 3.61. The molecule has 1 N–H and O–H groups in total. The van der Waals surface area contributed by atoms with Crippen LogP contribution < -0.4 is 10.1 Å². The molecule has 1 aromatic rings. The van der Waals surface area contributed by atoms with Crippen molar-refractivity contribution in [1.29, 1.82) is 0 Å². The molecule has 1 unspecified atom stereocenters. The van der Waals surface area contributed by atoms with Crippen molar-refractivity contribution in [2.45, 2.75) is 25.8 Å². The molecule has 0 aromatic heterocycles. The first kappa shape index (κ1) is 14.3. The third-order valence-corrected chi connectivity index (χ3v) is 4.21. The van der Waals surface area contributed by atoms with Crippen LogP contribution in [0.4, 0.5) is 0 Å². The van der Waals surface area contributed by atoms with Gasteiger partial charge in [0.25, 0.3) is 0 Å². The van der Waals surface area contributed by atoms with Crippen LogP contribution in [0.1, 0.15) is 30.5 Å². The Bertz CT molecular complexity index is 453.